The van der Waals surface area contributed by atoms with Gasteiger partial charge in [0.2, 0.25) is 0 Å². The van der Waals surface area contributed by atoms with Crippen LogP contribution in [0.4, 0.5) is 0 Å². The van der Waals surface area contributed by atoms with Gasteiger partial charge in [0, 0.05) is 39.3 Å². The number of benzene rings is 1. The van der Waals surface area contributed by atoms with Gasteiger partial charge in [-0.2, -0.15) is 0 Å². The number of rotatable bonds is 6. The third-order valence-electron chi connectivity index (χ3n) is 5.25. The second kappa shape index (κ2) is 9.38. The van der Waals surface area contributed by atoms with Gasteiger partial charge >= 0.3 is 0 Å². The molecule has 2 aliphatic rings. The number of fused-ring (bicyclic) bond motifs is 1. The van der Waals surface area contributed by atoms with Gasteiger partial charge in [-0.15, -0.1) is 0 Å². The highest BCUT2D eigenvalue weighted by Crippen LogP contribution is 2.24. The molecule has 1 aromatic rings. The molecule has 26 heavy (non-hydrogen) atoms. The van der Waals surface area contributed by atoms with Crippen LogP contribution >= 0.6 is 0 Å². The van der Waals surface area contributed by atoms with E-state index in [4.69, 9.17) is 9.73 Å². The topological polar surface area (TPSA) is 40.1 Å². The summed E-state index contributed by atoms with van der Waals surface area (Å²) in [6.07, 6.45) is 1.41. The molecule has 2 aliphatic heterocycles. The minimum Gasteiger partial charge on any atom is -0.373 e. The smallest absolute Gasteiger partial charge is 0.194 e. The number of hydrogen-bond acceptors (Lipinski definition) is 3. The molecule has 3 rings (SSSR count). The zero-order valence-corrected chi connectivity index (χ0v) is 16.5. The normalized spacial score (nSPS) is 24.2. The molecule has 0 aliphatic carbocycles. The Kier molecular flexibility index (Phi) is 6.92. The maximum Gasteiger partial charge on any atom is 0.194 e. The first-order valence-electron chi connectivity index (χ1n) is 10.1. The zero-order valence-electron chi connectivity index (χ0n) is 16.5. The highest BCUT2D eigenvalue weighted by atomic mass is 16.5. The zero-order chi connectivity index (χ0) is 18.4. The molecule has 2 unspecified atom stereocenters. The summed E-state index contributed by atoms with van der Waals surface area (Å²) in [5.41, 5.74) is 1.38. The number of guanidine groups is 1. The molecule has 5 nitrogen and oxygen atoms in total. The largest absolute Gasteiger partial charge is 0.373 e. The number of morpholine rings is 1. The minimum atomic E-state index is 0.279. The van der Waals surface area contributed by atoms with E-state index in [1.54, 1.807) is 0 Å². The fourth-order valence-corrected chi connectivity index (χ4v) is 3.80. The summed E-state index contributed by atoms with van der Waals surface area (Å²) in [5, 5.41) is 3.47. The summed E-state index contributed by atoms with van der Waals surface area (Å²) in [6, 6.07) is 11.2. The van der Waals surface area contributed by atoms with E-state index in [0.717, 1.165) is 58.3 Å². The van der Waals surface area contributed by atoms with E-state index in [0.29, 0.717) is 12.0 Å². The molecule has 2 heterocycles. The predicted molar refractivity (Wildman–Crippen MR) is 107 cm³/mol. The van der Waals surface area contributed by atoms with Crippen molar-refractivity contribution in [2.75, 3.05) is 39.3 Å². The average Bonchev–Trinajstić information content (AvgIpc) is 3.07. The van der Waals surface area contributed by atoms with Gasteiger partial charge < -0.3 is 15.0 Å². The molecule has 2 atom stereocenters. The Balaban J connectivity index is 1.65. The molecule has 0 saturated carbocycles. The van der Waals surface area contributed by atoms with Crippen molar-refractivity contribution in [1.82, 2.24) is 15.1 Å². The van der Waals surface area contributed by atoms with Crippen molar-refractivity contribution in [3.63, 3.8) is 0 Å². The van der Waals surface area contributed by atoms with Gasteiger partial charge in [0.15, 0.2) is 5.96 Å². The third-order valence-corrected chi connectivity index (χ3v) is 5.25. The SMILES string of the molecule is CCNC(=NCCC(C)C)N1CC2OCCN(Cc3ccccc3)C2C1. The lowest BCUT2D eigenvalue weighted by molar-refractivity contribution is -0.0502. The quantitative estimate of drug-likeness (QED) is 0.627. The summed E-state index contributed by atoms with van der Waals surface area (Å²) in [4.78, 5) is 9.84. The van der Waals surface area contributed by atoms with E-state index < -0.39 is 0 Å². The minimum absolute atomic E-state index is 0.279. The molecule has 0 spiro atoms. The Labute approximate surface area is 158 Å². The summed E-state index contributed by atoms with van der Waals surface area (Å²) >= 11 is 0. The fraction of sp³-hybridized carbons (Fsp3) is 0.667. The van der Waals surface area contributed by atoms with Crippen molar-refractivity contribution in [2.45, 2.75) is 45.9 Å². The number of ether oxygens (including phenoxy) is 1. The lowest BCUT2D eigenvalue weighted by Crippen LogP contribution is -2.50. The molecule has 1 aromatic carbocycles. The van der Waals surface area contributed by atoms with E-state index in [1.807, 2.05) is 0 Å². The van der Waals surface area contributed by atoms with Gasteiger partial charge in [-0.25, -0.2) is 0 Å². The number of likely N-dealkylation sites (tertiary alicyclic amines) is 1. The van der Waals surface area contributed by atoms with Crippen molar-refractivity contribution in [2.24, 2.45) is 10.9 Å². The highest BCUT2D eigenvalue weighted by Gasteiger charge is 2.41. The van der Waals surface area contributed by atoms with Crippen LogP contribution in [0.3, 0.4) is 0 Å². The van der Waals surface area contributed by atoms with Crippen LogP contribution in [0.25, 0.3) is 0 Å². The summed E-state index contributed by atoms with van der Waals surface area (Å²) in [5.74, 6) is 1.73. The highest BCUT2D eigenvalue weighted by molar-refractivity contribution is 5.80. The van der Waals surface area contributed by atoms with Crippen LogP contribution < -0.4 is 5.32 Å². The molecule has 0 radical (unpaired) electrons. The third kappa shape index (κ3) is 4.98. The Hall–Kier alpha value is -1.59. The van der Waals surface area contributed by atoms with Crippen LogP contribution in [0.15, 0.2) is 35.3 Å². The maximum atomic E-state index is 6.10. The standard InChI is InChI=1S/C21H34N4O/c1-4-22-21(23-11-10-17(2)3)25-15-19-20(16-25)26-13-12-24(19)14-18-8-6-5-7-9-18/h5-9,17,19-20H,4,10-16H2,1-3H3,(H,22,23). The molecule has 2 fully saturated rings. The maximum absolute atomic E-state index is 6.10. The van der Waals surface area contributed by atoms with Gasteiger partial charge in [-0.1, -0.05) is 44.2 Å². The van der Waals surface area contributed by atoms with Gasteiger partial charge in [0.1, 0.15) is 0 Å². The molecule has 5 heteroatoms. The molecular weight excluding hydrogens is 324 g/mol. The lowest BCUT2D eigenvalue weighted by atomic mass is 10.1. The summed E-state index contributed by atoms with van der Waals surface area (Å²) in [7, 11) is 0. The fourth-order valence-electron chi connectivity index (χ4n) is 3.80. The Morgan fingerprint density at radius 3 is 2.81 bits per heavy atom. The second-order valence-corrected chi connectivity index (χ2v) is 7.76. The first-order chi connectivity index (χ1) is 12.7. The van der Waals surface area contributed by atoms with E-state index >= 15 is 0 Å². The Morgan fingerprint density at radius 2 is 2.08 bits per heavy atom. The second-order valence-electron chi connectivity index (χ2n) is 7.76. The predicted octanol–water partition coefficient (Wildman–Crippen LogP) is 2.58. The van der Waals surface area contributed by atoms with Crippen LogP contribution in [0.2, 0.25) is 0 Å². The molecule has 2 saturated heterocycles. The number of nitrogens with zero attached hydrogens (tertiary/aromatic N) is 3. The van der Waals surface area contributed by atoms with Crippen molar-refractivity contribution in [3.05, 3.63) is 35.9 Å². The van der Waals surface area contributed by atoms with Crippen molar-refractivity contribution >= 4 is 5.96 Å². The van der Waals surface area contributed by atoms with Crippen LogP contribution in [0.1, 0.15) is 32.8 Å². The van der Waals surface area contributed by atoms with Crippen molar-refractivity contribution in [3.8, 4) is 0 Å². The number of aliphatic imine (C=N–C) groups is 1. The van der Waals surface area contributed by atoms with E-state index in [2.05, 4.69) is 66.2 Å². The van der Waals surface area contributed by atoms with Crippen LogP contribution in [-0.2, 0) is 11.3 Å². The van der Waals surface area contributed by atoms with Crippen LogP contribution in [0, 0.1) is 5.92 Å². The number of hydrogen-bond donors (Lipinski definition) is 1. The molecule has 1 N–H and O–H groups in total. The van der Waals surface area contributed by atoms with E-state index in [-0.39, 0.29) is 6.10 Å². The molecule has 144 valence electrons. The molecular formula is C21H34N4O. The van der Waals surface area contributed by atoms with E-state index in [1.165, 1.54) is 5.56 Å². The van der Waals surface area contributed by atoms with Crippen LogP contribution in [-0.4, -0.2) is 67.2 Å². The average molecular weight is 359 g/mol. The summed E-state index contributed by atoms with van der Waals surface area (Å²) < 4.78 is 6.10. The van der Waals surface area contributed by atoms with Gasteiger partial charge in [-0.3, -0.25) is 9.89 Å². The molecule has 0 aromatic heterocycles. The number of nitrogens with one attached hydrogen (secondary N) is 1. The van der Waals surface area contributed by atoms with E-state index in [9.17, 15) is 0 Å². The Bertz CT molecular complexity index is 575. The van der Waals surface area contributed by atoms with Crippen molar-refractivity contribution in [1.29, 1.82) is 0 Å². The van der Waals surface area contributed by atoms with Crippen molar-refractivity contribution < 1.29 is 4.74 Å². The molecule has 0 amide bonds. The first-order valence-corrected chi connectivity index (χ1v) is 10.1. The lowest BCUT2D eigenvalue weighted by Gasteiger charge is -2.36. The Morgan fingerprint density at radius 1 is 1.27 bits per heavy atom. The van der Waals surface area contributed by atoms with Gasteiger partial charge in [0.25, 0.3) is 0 Å². The van der Waals surface area contributed by atoms with Gasteiger partial charge in [-0.05, 0) is 24.8 Å². The summed E-state index contributed by atoms with van der Waals surface area (Å²) in [6.45, 7) is 13.2. The first kappa shape index (κ1) is 19.2. The van der Waals surface area contributed by atoms with Crippen LogP contribution in [0.5, 0.6) is 0 Å². The monoisotopic (exact) mass is 358 g/mol. The van der Waals surface area contributed by atoms with Gasteiger partial charge in [0.05, 0.1) is 18.8 Å². The molecule has 0 bridgehead atoms.